The lowest BCUT2D eigenvalue weighted by Crippen LogP contribution is -2.27. The molecule has 1 unspecified atom stereocenters. The van der Waals surface area contributed by atoms with Crippen LogP contribution in [0.4, 0.5) is 0 Å². The molecule has 10 nitrogen and oxygen atoms in total. The van der Waals surface area contributed by atoms with Crippen molar-refractivity contribution in [2.24, 2.45) is 5.41 Å². The molecule has 1 atom stereocenters. The Labute approximate surface area is 185 Å². The fraction of sp³-hybridized carbons (Fsp3) is 0.500. The first-order valence-corrected chi connectivity index (χ1v) is 9.79. The zero-order valence-corrected chi connectivity index (χ0v) is 18.7. The SMILES string of the molecule is COC(=O)C(C)(C)CCCC(COC(=O)c1cc(C(C)=O)c(C(=O)O)cc1C(=O)O)OC. The van der Waals surface area contributed by atoms with E-state index in [0.717, 1.165) is 19.1 Å². The van der Waals surface area contributed by atoms with Crippen molar-refractivity contribution in [3.05, 3.63) is 34.4 Å². The van der Waals surface area contributed by atoms with Crippen molar-refractivity contribution >= 4 is 29.7 Å². The Morgan fingerprint density at radius 2 is 1.47 bits per heavy atom. The second-order valence-corrected chi connectivity index (χ2v) is 7.83. The summed E-state index contributed by atoms with van der Waals surface area (Å²) in [4.78, 5) is 59.0. The van der Waals surface area contributed by atoms with Gasteiger partial charge in [0.25, 0.3) is 0 Å². The van der Waals surface area contributed by atoms with Gasteiger partial charge in [-0.25, -0.2) is 14.4 Å². The first kappa shape index (κ1) is 26.8. The molecule has 1 aromatic carbocycles. The van der Waals surface area contributed by atoms with Crippen LogP contribution in [-0.2, 0) is 19.0 Å². The molecule has 0 radical (unpaired) electrons. The van der Waals surface area contributed by atoms with Crippen molar-refractivity contribution in [1.29, 1.82) is 0 Å². The summed E-state index contributed by atoms with van der Waals surface area (Å²) in [6.45, 7) is 4.40. The Bertz CT molecular complexity index is 900. The van der Waals surface area contributed by atoms with Gasteiger partial charge in [-0.05, 0) is 52.2 Å². The van der Waals surface area contributed by atoms with E-state index in [-0.39, 0.29) is 18.1 Å². The third kappa shape index (κ3) is 6.88. The highest BCUT2D eigenvalue weighted by Crippen LogP contribution is 2.26. The highest BCUT2D eigenvalue weighted by atomic mass is 16.6. The lowest BCUT2D eigenvalue weighted by molar-refractivity contribution is -0.151. The number of rotatable bonds is 12. The zero-order chi connectivity index (χ0) is 24.6. The van der Waals surface area contributed by atoms with Gasteiger partial charge in [0.05, 0.1) is 35.3 Å². The van der Waals surface area contributed by atoms with Crippen LogP contribution in [0.2, 0.25) is 0 Å². The maximum atomic E-state index is 12.5. The number of aromatic carboxylic acids is 2. The molecule has 0 spiro atoms. The van der Waals surface area contributed by atoms with Crippen LogP contribution < -0.4 is 0 Å². The van der Waals surface area contributed by atoms with E-state index in [1.165, 1.54) is 14.2 Å². The number of carbonyl (C=O) groups is 5. The van der Waals surface area contributed by atoms with Gasteiger partial charge in [-0.15, -0.1) is 0 Å². The highest BCUT2D eigenvalue weighted by Gasteiger charge is 2.29. The number of hydrogen-bond donors (Lipinski definition) is 2. The van der Waals surface area contributed by atoms with Crippen molar-refractivity contribution in [2.75, 3.05) is 20.8 Å². The maximum absolute atomic E-state index is 12.5. The molecule has 0 saturated heterocycles. The van der Waals surface area contributed by atoms with Crippen molar-refractivity contribution in [3.63, 3.8) is 0 Å². The summed E-state index contributed by atoms with van der Waals surface area (Å²) >= 11 is 0. The number of methoxy groups -OCH3 is 2. The van der Waals surface area contributed by atoms with Crippen LogP contribution in [0.1, 0.15) is 81.5 Å². The summed E-state index contributed by atoms with van der Waals surface area (Å²) in [7, 11) is 2.73. The molecule has 1 aromatic rings. The Balaban J connectivity index is 2.95. The maximum Gasteiger partial charge on any atom is 0.339 e. The first-order valence-electron chi connectivity index (χ1n) is 9.79. The van der Waals surface area contributed by atoms with Gasteiger partial charge in [0.2, 0.25) is 0 Å². The van der Waals surface area contributed by atoms with Crippen LogP contribution in [0.5, 0.6) is 0 Å². The molecule has 0 amide bonds. The fourth-order valence-electron chi connectivity index (χ4n) is 3.08. The Kier molecular flexibility index (Phi) is 9.52. The van der Waals surface area contributed by atoms with Crippen LogP contribution in [0.3, 0.4) is 0 Å². The average molecular weight is 452 g/mol. The molecule has 0 heterocycles. The molecule has 1 rings (SSSR count). The molecule has 0 aliphatic heterocycles. The monoisotopic (exact) mass is 452 g/mol. The van der Waals surface area contributed by atoms with E-state index < -0.39 is 51.9 Å². The highest BCUT2D eigenvalue weighted by molar-refractivity contribution is 6.10. The number of ketones is 1. The summed E-state index contributed by atoms with van der Waals surface area (Å²) in [5, 5.41) is 18.6. The van der Waals surface area contributed by atoms with E-state index in [1.54, 1.807) is 13.8 Å². The summed E-state index contributed by atoms with van der Waals surface area (Å²) in [6.07, 6.45) is 1.01. The van der Waals surface area contributed by atoms with Gasteiger partial charge >= 0.3 is 23.9 Å². The number of Topliss-reactive ketones (excluding diaryl/α,β-unsaturated/α-hetero) is 1. The number of carboxylic acid groups (broad SMARTS) is 2. The third-order valence-corrected chi connectivity index (χ3v) is 5.02. The molecule has 32 heavy (non-hydrogen) atoms. The molecular formula is C22H28O10. The Morgan fingerprint density at radius 1 is 0.938 bits per heavy atom. The van der Waals surface area contributed by atoms with Gasteiger partial charge in [0.1, 0.15) is 6.61 Å². The quantitative estimate of drug-likeness (QED) is 0.357. The van der Waals surface area contributed by atoms with Crippen molar-refractivity contribution in [2.45, 2.75) is 46.1 Å². The van der Waals surface area contributed by atoms with E-state index >= 15 is 0 Å². The molecule has 0 aliphatic carbocycles. The molecule has 0 bridgehead atoms. The smallest absolute Gasteiger partial charge is 0.339 e. The molecule has 10 heteroatoms. The van der Waals surface area contributed by atoms with Gasteiger partial charge in [-0.3, -0.25) is 9.59 Å². The topological polar surface area (TPSA) is 154 Å². The van der Waals surface area contributed by atoms with Crippen molar-refractivity contribution in [1.82, 2.24) is 0 Å². The second kappa shape index (κ2) is 11.4. The van der Waals surface area contributed by atoms with Crippen LogP contribution in [0.15, 0.2) is 12.1 Å². The predicted octanol–water partition coefficient (Wildman–Crippen LogP) is 2.83. The average Bonchev–Trinajstić information content (AvgIpc) is 2.73. The molecule has 0 aliphatic rings. The lowest BCUT2D eigenvalue weighted by Gasteiger charge is -2.22. The van der Waals surface area contributed by atoms with Gasteiger partial charge in [-0.2, -0.15) is 0 Å². The fourth-order valence-corrected chi connectivity index (χ4v) is 3.08. The minimum absolute atomic E-state index is 0.205. The predicted molar refractivity (Wildman–Crippen MR) is 111 cm³/mol. The number of hydrogen-bond acceptors (Lipinski definition) is 8. The van der Waals surface area contributed by atoms with Crippen molar-refractivity contribution in [3.8, 4) is 0 Å². The normalized spacial score (nSPS) is 12.0. The third-order valence-electron chi connectivity index (χ3n) is 5.02. The summed E-state index contributed by atoms with van der Waals surface area (Å²) in [5.41, 5.74) is -2.53. The molecule has 0 saturated carbocycles. The number of carbonyl (C=O) groups excluding carboxylic acids is 3. The zero-order valence-electron chi connectivity index (χ0n) is 18.7. The molecule has 2 N–H and O–H groups in total. The molecular weight excluding hydrogens is 424 g/mol. The summed E-state index contributed by atoms with van der Waals surface area (Å²) < 4.78 is 15.2. The minimum Gasteiger partial charge on any atom is -0.478 e. The van der Waals surface area contributed by atoms with Crippen LogP contribution in [-0.4, -0.2) is 66.8 Å². The van der Waals surface area contributed by atoms with Gasteiger partial charge < -0.3 is 24.4 Å². The van der Waals surface area contributed by atoms with Crippen LogP contribution in [0.25, 0.3) is 0 Å². The molecule has 0 aromatic heterocycles. The summed E-state index contributed by atoms with van der Waals surface area (Å²) in [5.74, 6) is -5.05. The Hall–Kier alpha value is -3.27. The van der Waals surface area contributed by atoms with Gasteiger partial charge in [-0.1, -0.05) is 0 Å². The molecule has 176 valence electrons. The van der Waals surface area contributed by atoms with Crippen LogP contribution in [0, 0.1) is 5.41 Å². The molecule has 0 fully saturated rings. The van der Waals surface area contributed by atoms with Gasteiger partial charge in [0.15, 0.2) is 5.78 Å². The standard InChI is InChI=1S/C22H28O10/c1-12(23)14-9-17(16(19(26)27)10-15(14)18(24)25)20(28)32-11-13(30-4)7-6-8-22(2,3)21(29)31-5/h9-10,13H,6-8,11H2,1-5H3,(H,24,25)(H,26,27). The van der Waals surface area contributed by atoms with E-state index in [0.29, 0.717) is 19.3 Å². The minimum atomic E-state index is -1.54. The largest absolute Gasteiger partial charge is 0.478 e. The number of carboxylic acids is 2. The van der Waals surface area contributed by atoms with E-state index in [1.807, 2.05) is 0 Å². The number of ether oxygens (including phenoxy) is 3. The van der Waals surface area contributed by atoms with E-state index in [2.05, 4.69) is 0 Å². The van der Waals surface area contributed by atoms with E-state index in [4.69, 9.17) is 14.2 Å². The number of esters is 2. The Morgan fingerprint density at radius 3 is 1.94 bits per heavy atom. The van der Waals surface area contributed by atoms with Crippen molar-refractivity contribution < 1.29 is 48.4 Å². The van der Waals surface area contributed by atoms with Crippen LogP contribution >= 0.6 is 0 Å². The second-order valence-electron chi connectivity index (χ2n) is 7.83. The number of benzene rings is 1. The van der Waals surface area contributed by atoms with Gasteiger partial charge in [0, 0.05) is 12.7 Å². The first-order chi connectivity index (χ1) is 14.8. The summed E-state index contributed by atoms with van der Waals surface area (Å²) in [6, 6.07) is 1.68. The lowest BCUT2D eigenvalue weighted by atomic mass is 9.87. The van der Waals surface area contributed by atoms with E-state index in [9.17, 15) is 34.2 Å².